The molecule has 1 unspecified atom stereocenters. The third-order valence-corrected chi connectivity index (χ3v) is 4.74. The average molecular weight is 416 g/mol. The summed E-state index contributed by atoms with van der Waals surface area (Å²) in [5.41, 5.74) is 3.77. The Bertz CT molecular complexity index is 801. The number of aliphatic carboxylic acids is 1. The second-order valence-corrected chi connectivity index (χ2v) is 7.17. The number of alkyl halides is 3. The van der Waals surface area contributed by atoms with Gasteiger partial charge in [0.15, 0.2) is 0 Å². The zero-order chi connectivity index (χ0) is 21.6. The number of halogens is 3. The first kappa shape index (κ1) is 23.0. The van der Waals surface area contributed by atoms with Gasteiger partial charge in [0.05, 0.1) is 11.4 Å². The van der Waals surface area contributed by atoms with E-state index in [9.17, 15) is 13.2 Å². The van der Waals surface area contributed by atoms with E-state index in [1.807, 2.05) is 11.7 Å². The summed E-state index contributed by atoms with van der Waals surface area (Å²) in [5.74, 6) is -2.13. The Hall–Kier alpha value is -2.33. The molecule has 0 bridgehead atoms. The van der Waals surface area contributed by atoms with Gasteiger partial charge in [0.25, 0.3) is 0 Å². The Kier molecular flexibility index (Phi) is 7.86. The van der Waals surface area contributed by atoms with Crippen LogP contribution in [0.2, 0.25) is 0 Å². The Labute approximate surface area is 167 Å². The van der Waals surface area contributed by atoms with Crippen molar-refractivity contribution in [2.75, 3.05) is 20.3 Å². The number of hydrogen-bond acceptors (Lipinski definition) is 4. The van der Waals surface area contributed by atoms with Crippen LogP contribution in [0.1, 0.15) is 23.5 Å². The minimum absolute atomic E-state index is 0.628. The molecule has 0 aliphatic carbocycles. The summed E-state index contributed by atoms with van der Waals surface area (Å²) in [5, 5.41) is 11.6. The van der Waals surface area contributed by atoms with Gasteiger partial charge in [-0.05, 0) is 37.5 Å². The van der Waals surface area contributed by atoms with Gasteiger partial charge >= 0.3 is 12.1 Å². The maximum Gasteiger partial charge on any atom is 0.490 e. The van der Waals surface area contributed by atoms with Gasteiger partial charge in [-0.1, -0.05) is 0 Å². The van der Waals surface area contributed by atoms with Crippen LogP contribution >= 0.6 is 0 Å². The number of aryl methyl sites for hydroxylation is 2. The summed E-state index contributed by atoms with van der Waals surface area (Å²) >= 11 is 0. The zero-order valence-corrected chi connectivity index (χ0v) is 16.8. The van der Waals surface area contributed by atoms with E-state index >= 15 is 0 Å². The minimum atomic E-state index is -5.08. The topological polar surface area (TPSA) is 72.5 Å². The van der Waals surface area contributed by atoms with Crippen molar-refractivity contribution in [1.29, 1.82) is 0 Å². The number of carboxylic acids is 1. The zero-order valence-electron chi connectivity index (χ0n) is 16.8. The molecule has 0 fully saturated rings. The molecule has 0 saturated heterocycles. The molecule has 0 saturated carbocycles. The first-order valence-electron chi connectivity index (χ1n) is 9.25. The highest BCUT2D eigenvalue weighted by atomic mass is 19.4. The third-order valence-electron chi connectivity index (χ3n) is 4.74. The van der Waals surface area contributed by atoms with Gasteiger partial charge < -0.3 is 14.4 Å². The lowest BCUT2D eigenvalue weighted by Crippen LogP contribution is -2.29. The fraction of sp³-hybridized carbons (Fsp3) is 0.579. The van der Waals surface area contributed by atoms with Gasteiger partial charge in [0, 0.05) is 58.8 Å². The first-order valence-corrected chi connectivity index (χ1v) is 9.25. The van der Waals surface area contributed by atoms with E-state index in [1.165, 1.54) is 11.4 Å². The van der Waals surface area contributed by atoms with Crippen LogP contribution < -0.4 is 0 Å². The number of aromatic nitrogens is 3. The second-order valence-electron chi connectivity index (χ2n) is 7.17. The Morgan fingerprint density at radius 2 is 2.07 bits per heavy atom. The number of carboxylic acid groups (broad SMARTS) is 1. The van der Waals surface area contributed by atoms with Crippen molar-refractivity contribution in [2.24, 2.45) is 13.0 Å². The standard InChI is InChI=1S/C17H26N4O.C2HF3O2/c1-14-9-17(19(2)18-14)13-20-10-15(6-8-22-3)11-21-7-4-5-16(21)12-20;3-2(4,5)1(6)7/h4-5,7,9,15H,6,8,10-13H2,1-3H3;(H,6,7). The van der Waals surface area contributed by atoms with Crippen LogP contribution in [0.15, 0.2) is 24.4 Å². The van der Waals surface area contributed by atoms with Crippen molar-refractivity contribution in [3.8, 4) is 0 Å². The largest absolute Gasteiger partial charge is 0.490 e. The van der Waals surface area contributed by atoms with Crippen molar-refractivity contribution in [2.45, 2.75) is 39.2 Å². The number of fused-ring (bicyclic) bond motifs is 1. The van der Waals surface area contributed by atoms with Crippen LogP contribution in [-0.2, 0) is 36.2 Å². The fourth-order valence-electron chi connectivity index (χ4n) is 3.39. The number of nitrogens with zero attached hydrogens (tertiary/aromatic N) is 4. The van der Waals surface area contributed by atoms with E-state index in [0.29, 0.717) is 5.92 Å². The highest BCUT2D eigenvalue weighted by Crippen LogP contribution is 2.21. The van der Waals surface area contributed by atoms with Gasteiger partial charge in [0.2, 0.25) is 0 Å². The highest BCUT2D eigenvalue weighted by Gasteiger charge is 2.38. The van der Waals surface area contributed by atoms with Gasteiger partial charge in [-0.15, -0.1) is 0 Å². The summed E-state index contributed by atoms with van der Waals surface area (Å²) in [4.78, 5) is 11.4. The monoisotopic (exact) mass is 416 g/mol. The number of methoxy groups -OCH3 is 1. The van der Waals surface area contributed by atoms with Crippen molar-refractivity contribution < 1.29 is 27.8 Å². The van der Waals surface area contributed by atoms with Gasteiger partial charge in [0.1, 0.15) is 0 Å². The van der Waals surface area contributed by atoms with E-state index < -0.39 is 12.1 Å². The molecule has 2 aromatic heterocycles. The highest BCUT2D eigenvalue weighted by molar-refractivity contribution is 5.73. The van der Waals surface area contributed by atoms with Gasteiger partial charge in [-0.3, -0.25) is 9.58 Å². The third kappa shape index (κ3) is 6.90. The molecule has 3 heterocycles. The summed E-state index contributed by atoms with van der Waals surface area (Å²) in [6.45, 7) is 7.03. The molecule has 2 aromatic rings. The van der Waals surface area contributed by atoms with Crippen molar-refractivity contribution in [1.82, 2.24) is 19.2 Å². The van der Waals surface area contributed by atoms with Gasteiger partial charge in [-0.2, -0.15) is 18.3 Å². The molecular weight excluding hydrogens is 389 g/mol. The van der Waals surface area contributed by atoms with E-state index in [4.69, 9.17) is 14.6 Å². The van der Waals surface area contributed by atoms with Crippen LogP contribution in [-0.4, -0.2) is 56.8 Å². The lowest BCUT2D eigenvalue weighted by atomic mass is 10.1. The molecule has 0 amide bonds. The molecule has 10 heteroatoms. The smallest absolute Gasteiger partial charge is 0.475 e. The molecule has 1 N–H and O–H groups in total. The Morgan fingerprint density at radius 3 is 2.62 bits per heavy atom. The van der Waals surface area contributed by atoms with Crippen LogP contribution in [0.3, 0.4) is 0 Å². The Morgan fingerprint density at radius 1 is 1.38 bits per heavy atom. The van der Waals surface area contributed by atoms with Crippen LogP contribution in [0.25, 0.3) is 0 Å². The molecule has 1 atom stereocenters. The second kappa shape index (κ2) is 9.93. The van der Waals surface area contributed by atoms with Crippen LogP contribution in [0, 0.1) is 12.8 Å². The molecule has 1 aliphatic rings. The molecule has 0 radical (unpaired) electrons. The summed E-state index contributed by atoms with van der Waals surface area (Å²) < 4.78 is 41.4. The molecule has 3 rings (SSSR count). The number of rotatable bonds is 5. The van der Waals surface area contributed by atoms with E-state index in [0.717, 1.165) is 44.9 Å². The van der Waals surface area contributed by atoms with Crippen molar-refractivity contribution in [3.63, 3.8) is 0 Å². The van der Waals surface area contributed by atoms with Crippen molar-refractivity contribution in [3.05, 3.63) is 41.5 Å². The van der Waals surface area contributed by atoms with E-state index in [2.05, 4.69) is 45.9 Å². The maximum absolute atomic E-state index is 10.6. The summed E-state index contributed by atoms with van der Waals surface area (Å²) in [6.07, 6.45) is -1.78. The van der Waals surface area contributed by atoms with E-state index in [-0.39, 0.29) is 0 Å². The minimum Gasteiger partial charge on any atom is -0.475 e. The molecule has 162 valence electrons. The molecule has 0 aromatic carbocycles. The lowest BCUT2D eigenvalue weighted by molar-refractivity contribution is -0.192. The maximum atomic E-state index is 10.6. The summed E-state index contributed by atoms with van der Waals surface area (Å²) in [7, 11) is 3.82. The normalized spacial score (nSPS) is 17.2. The quantitative estimate of drug-likeness (QED) is 0.812. The van der Waals surface area contributed by atoms with Gasteiger partial charge in [-0.25, -0.2) is 4.79 Å². The molecule has 7 nitrogen and oxygen atoms in total. The molecule has 29 heavy (non-hydrogen) atoms. The lowest BCUT2D eigenvalue weighted by Gasteiger charge is -2.23. The average Bonchev–Trinajstić information content (AvgIpc) is 3.13. The van der Waals surface area contributed by atoms with Crippen LogP contribution in [0.4, 0.5) is 13.2 Å². The number of hydrogen-bond donors (Lipinski definition) is 1. The molecule has 0 spiro atoms. The van der Waals surface area contributed by atoms with Crippen molar-refractivity contribution >= 4 is 5.97 Å². The number of ether oxygens (including phenoxy) is 1. The SMILES string of the molecule is COCCC1CN(Cc2cc(C)nn2C)Cc2cccn2C1.O=C(O)C(F)(F)F. The number of carbonyl (C=O) groups is 1. The predicted octanol–water partition coefficient (Wildman–Crippen LogP) is 2.83. The first-order chi connectivity index (χ1) is 13.6. The van der Waals surface area contributed by atoms with E-state index in [1.54, 1.807) is 7.11 Å². The predicted molar refractivity (Wildman–Crippen MR) is 100 cm³/mol. The molecule has 1 aliphatic heterocycles. The van der Waals surface area contributed by atoms with Crippen LogP contribution in [0.5, 0.6) is 0 Å². The summed E-state index contributed by atoms with van der Waals surface area (Å²) in [6, 6.07) is 6.58. The Balaban J connectivity index is 0.000000370. The fourth-order valence-corrected chi connectivity index (χ4v) is 3.39. The molecular formula is C19H27F3N4O3.